The Bertz CT molecular complexity index is 468. The van der Waals surface area contributed by atoms with Gasteiger partial charge in [0.15, 0.2) is 0 Å². The van der Waals surface area contributed by atoms with Crippen LogP contribution in [0, 0.1) is 0 Å². The zero-order chi connectivity index (χ0) is 13.7. The van der Waals surface area contributed by atoms with Crippen molar-refractivity contribution in [2.45, 2.75) is 45.2 Å². The third-order valence-electron chi connectivity index (χ3n) is 3.43. The van der Waals surface area contributed by atoms with Crippen molar-refractivity contribution in [1.29, 1.82) is 0 Å². The molecule has 19 heavy (non-hydrogen) atoms. The Balaban J connectivity index is 2.01. The Hall–Kier alpha value is -1.61. The van der Waals surface area contributed by atoms with E-state index in [9.17, 15) is 4.79 Å². The average molecular weight is 258 g/mol. The first kappa shape index (κ1) is 13.8. The van der Waals surface area contributed by atoms with E-state index in [-0.39, 0.29) is 11.9 Å². The zero-order valence-electron chi connectivity index (χ0n) is 11.6. The molecule has 0 saturated carbocycles. The molecule has 0 fully saturated rings. The highest BCUT2D eigenvalue weighted by Gasteiger charge is 2.13. The maximum Gasteiger partial charge on any atom is 0.221 e. The second-order valence-corrected chi connectivity index (χ2v) is 5.16. The van der Waals surface area contributed by atoms with Gasteiger partial charge in [0.05, 0.1) is 0 Å². The summed E-state index contributed by atoms with van der Waals surface area (Å²) in [6.07, 6.45) is 8.17. The van der Waals surface area contributed by atoms with E-state index < -0.39 is 0 Å². The van der Waals surface area contributed by atoms with E-state index in [0.717, 1.165) is 5.69 Å². The molecule has 0 aliphatic heterocycles. The fourth-order valence-electron chi connectivity index (χ4n) is 2.46. The third-order valence-corrected chi connectivity index (χ3v) is 3.43. The van der Waals surface area contributed by atoms with Gasteiger partial charge in [0, 0.05) is 24.7 Å². The standard InChI is InChI=1S/C16H22N2O/c1-12(17-15-8-4-3-5-9-15)14-7-6-10-16(11-14)18-13(2)19/h4,6-8,10-12,15,17H,3,5,9H2,1-2H3,(H,18,19)/t12-,15-/m1/s1. The number of rotatable bonds is 4. The van der Waals surface area contributed by atoms with E-state index in [1.54, 1.807) is 0 Å². The number of hydrogen-bond donors (Lipinski definition) is 2. The van der Waals surface area contributed by atoms with Crippen molar-refractivity contribution in [2.24, 2.45) is 0 Å². The van der Waals surface area contributed by atoms with E-state index in [1.165, 1.54) is 31.7 Å². The van der Waals surface area contributed by atoms with E-state index in [1.807, 2.05) is 18.2 Å². The van der Waals surface area contributed by atoms with E-state index >= 15 is 0 Å². The maximum absolute atomic E-state index is 11.1. The predicted molar refractivity (Wildman–Crippen MR) is 79.1 cm³/mol. The normalized spacial score (nSPS) is 20.0. The van der Waals surface area contributed by atoms with Crippen LogP contribution in [0.4, 0.5) is 5.69 Å². The molecule has 3 nitrogen and oxygen atoms in total. The number of anilines is 1. The van der Waals surface area contributed by atoms with Crippen LogP contribution in [-0.2, 0) is 4.79 Å². The summed E-state index contributed by atoms with van der Waals surface area (Å²) in [4.78, 5) is 11.1. The van der Waals surface area contributed by atoms with Gasteiger partial charge < -0.3 is 10.6 Å². The molecule has 0 spiro atoms. The molecule has 1 aromatic rings. The first-order valence-corrected chi connectivity index (χ1v) is 6.95. The van der Waals surface area contributed by atoms with Gasteiger partial charge in [-0.25, -0.2) is 0 Å². The molecule has 102 valence electrons. The van der Waals surface area contributed by atoms with Crippen molar-refractivity contribution in [3.05, 3.63) is 42.0 Å². The number of hydrogen-bond acceptors (Lipinski definition) is 2. The van der Waals surface area contributed by atoms with Crippen LogP contribution in [0.1, 0.15) is 44.7 Å². The van der Waals surface area contributed by atoms with Crippen molar-refractivity contribution in [3.8, 4) is 0 Å². The van der Waals surface area contributed by atoms with Crippen molar-refractivity contribution < 1.29 is 4.79 Å². The van der Waals surface area contributed by atoms with Crippen LogP contribution >= 0.6 is 0 Å². The molecule has 1 aromatic carbocycles. The molecule has 0 aromatic heterocycles. The number of carbonyl (C=O) groups excluding carboxylic acids is 1. The molecule has 1 aliphatic carbocycles. The molecule has 2 rings (SSSR count). The molecular formula is C16H22N2O. The molecule has 1 amide bonds. The van der Waals surface area contributed by atoms with Gasteiger partial charge in [0.1, 0.15) is 0 Å². The first-order chi connectivity index (χ1) is 9.15. The summed E-state index contributed by atoms with van der Waals surface area (Å²) in [5, 5.41) is 6.44. The second-order valence-electron chi connectivity index (χ2n) is 5.16. The lowest BCUT2D eigenvalue weighted by Crippen LogP contribution is -2.31. The highest BCUT2D eigenvalue weighted by atomic mass is 16.1. The smallest absolute Gasteiger partial charge is 0.221 e. The van der Waals surface area contributed by atoms with Crippen LogP contribution in [0.25, 0.3) is 0 Å². The van der Waals surface area contributed by atoms with Gasteiger partial charge in [-0.2, -0.15) is 0 Å². The first-order valence-electron chi connectivity index (χ1n) is 6.95. The van der Waals surface area contributed by atoms with E-state index in [0.29, 0.717) is 6.04 Å². The molecular weight excluding hydrogens is 236 g/mol. The quantitative estimate of drug-likeness (QED) is 0.813. The number of nitrogens with one attached hydrogen (secondary N) is 2. The minimum Gasteiger partial charge on any atom is -0.326 e. The average Bonchev–Trinajstić information content (AvgIpc) is 2.39. The van der Waals surface area contributed by atoms with E-state index in [2.05, 4.69) is 35.8 Å². The largest absolute Gasteiger partial charge is 0.326 e. The fourth-order valence-corrected chi connectivity index (χ4v) is 2.46. The molecule has 0 saturated heterocycles. The van der Waals surface area contributed by atoms with Gasteiger partial charge in [0.25, 0.3) is 0 Å². The summed E-state index contributed by atoms with van der Waals surface area (Å²) < 4.78 is 0. The minimum atomic E-state index is -0.0343. The summed E-state index contributed by atoms with van der Waals surface area (Å²) in [6, 6.07) is 8.77. The van der Waals surface area contributed by atoms with Crippen LogP contribution < -0.4 is 10.6 Å². The Kier molecular flexibility index (Phi) is 4.74. The van der Waals surface area contributed by atoms with Crippen molar-refractivity contribution in [3.63, 3.8) is 0 Å². The minimum absolute atomic E-state index is 0.0343. The Labute approximate surface area is 115 Å². The summed E-state index contributed by atoms with van der Waals surface area (Å²) in [7, 11) is 0. The summed E-state index contributed by atoms with van der Waals surface area (Å²) in [5.74, 6) is -0.0343. The Morgan fingerprint density at radius 2 is 2.26 bits per heavy atom. The summed E-state index contributed by atoms with van der Waals surface area (Å²) in [6.45, 7) is 3.69. The predicted octanol–water partition coefficient (Wildman–Crippen LogP) is 3.40. The summed E-state index contributed by atoms with van der Waals surface area (Å²) in [5.41, 5.74) is 2.06. The van der Waals surface area contributed by atoms with Gasteiger partial charge in [-0.1, -0.05) is 24.3 Å². The summed E-state index contributed by atoms with van der Waals surface area (Å²) >= 11 is 0. The second kappa shape index (κ2) is 6.53. The van der Waals surface area contributed by atoms with Gasteiger partial charge in [-0.05, 0) is 43.9 Å². The SMILES string of the molecule is CC(=O)Nc1cccc([C@@H](C)N[C@@H]2C=CCCC2)c1. The molecule has 0 radical (unpaired) electrons. The topological polar surface area (TPSA) is 41.1 Å². The lowest BCUT2D eigenvalue weighted by atomic mass is 10.0. The van der Waals surface area contributed by atoms with E-state index in [4.69, 9.17) is 0 Å². The zero-order valence-corrected chi connectivity index (χ0v) is 11.6. The molecule has 2 N–H and O–H groups in total. The Morgan fingerprint density at radius 3 is 2.95 bits per heavy atom. The van der Waals surface area contributed by atoms with Crippen LogP contribution in [0.2, 0.25) is 0 Å². The fraction of sp³-hybridized carbons (Fsp3) is 0.438. The molecule has 0 heterocycles. The molecule has 3 heteroatoms. The van der Waals surface area contributed by atoms with Gasteiger partial charge >= 0.3 is 0 Å². The van der Waals surface area contributed by atoms with Gasteiger partial charge in [-0.15, -0.1) is 0 Å². The van der Waals surface area contributed by atoms with Crippen molar-refractivity contribution >= 4 is 11.6 Å². The maximum atomic E-state index is 11.1. The number of amides is 1. The lowest BCUT2D eigenvalue weighted by Gasteiger charge is -2.23. The van der Waals surface area contributed by atoms with Crippen molar-refractivity contribution in [2.75, 3.05) is 5.32 Å². The number of allylic oxidation sites excluding steroid dienone is 1. The lowest BCUT2D eigenvalue weighted by molar-refractivity contribution is -0.114. The van der Waals surface area contributed by atoms with Crippen molar-refractivity contribution in [1.82, 2.24) is 5.32 Å². The van der Waals surface area contributed by atoms with Crippen LogP contribution in [0.5, 0.6) is 0 Å². The Morgan fingerprint density at radius 1 is 1.42 bits per heavy atom. The highest BCUT2D eigenvalue weighted by molar-refractivity contribution is 5.88. The number of benzene rings is 1. The van der Waals surface area contributed by atoms with Crippen LogP contribution in [0.15, 0.2) is 36.4 Å². The molecule has 0 unspecified atom stereocenters. The van der Waals surface area contributed by atoms with Gasteiger partial charge in [-0.3, -0.25) is 4.79 Å². The molecule has 2 atom stereocenters. The van der Waals surface area contributed by atoms with Crippen LogP contribution in [0.3, 0.4) is 0 Å². The molecule has 0 bridgehead atoms. The number of carbonyl (C=O) groups is 1. The molecule has 1 aliphatic rings. The van der Waals surface area contributed by atoms with Gasteiger partial charge in [0.2, 0.25) is 5.91 Å². The van der Waals surface area contributed by atoms with Crippen LogP contribution in [-0.4, -0.2) is 11.9 Å². The monoisotopic (exact) mass is 258 g/mol. The highest BCUT2D eigenvalue weighted by Crippen LogP contribution is 2.20. The third kappa shape index (κ3) is 4.21.